The van der Waals surface area contributed by atoms with Crippen LogP contribution in [0.1, 0.15) is 12.0 Å². The molecule has 1 unspecified atom stereocenters. The second-order valence-corrected chi connectivity index (χ2v) is 4.75. The summed E-state index contributed by atoms with van der Waals surface area (Å²) in [5.74, 6) is -0.105. The van der Waals surface area contributed by atoms with Crippen molar-refractivity contribution in [2.75, 3.05) is 19.0 Å². The zero-order chi connectivity index (χ0) is 15.1. The summed E-state index contributed by atoms with van der Waals surface area (Å²) in [5, 5.41) is 6.99. The lowest BCUT2D eigenvalue weighted by molar-refractivity contribution is -0.118. The van der Waals surface area contributed by atoms with E-state index in [-0.39, 0.29) is 18.4 Å². The van der Waals surface area contributed by atoms with E-state index < -0.39 is 0 Å². The molecule has 0 radical (unpaired) electrons. The van der Waals surface area contributed by atoms with Gasteiger partial charge in [0.25, 0.3) is 0 Å². The Morgan fingerprint density at radius 3 is 2.76 bits per heavy atom. The SMILES string of the molecule is COC(CN)CC(=O)Nc1ccc(Cn2cccn2)cc1. The number of methoxy groups -OCH3 is 1. The average molecular weight is 288 g/mol. The molecule has 1 atom stereocenters. The zero-order valence-electron chi connectivity index (χ0n) is 12.0. The van der Waals surface area contributed by atoms with Crippen molar-refractivity contribution < 1.29 is 9.53 Å². The van der Waals surface area contributed by atoms with Crippen molar-refractivity contribution in [3.05, 3.63) is 48.3 Å². The molecule has 0 fully saturated rings. The van der Waals surface area contributed by atoms with Crippen LogP contribution >= 0.6 is 0 Å². The molecule has 6 nitrogen and oxygen atoms in total. The summed E-state index contributed by atoms with van der Waals surface area (Å²) in [5.41, 5.74) is 7.38. The summed E-state index contributed by atoms with van der Waals surface area (Å²) in [6.45, 7) is 1.03. The number of ether oxygens (including phenoxy) is 1. The Labute approximate surface area is 123 Å². The van der Waals surface area contributed by atoms with Gasteiger partial charge in [-0.1, -0.05) is 12.1 Å². The molecule has 0 spiro atoms. The molecule has 1 aromatic heterocycles. The van der Waals surface area contributed by atoms with Crippen LogP contribution in [-0.2, 0) is 16.1 Å². The first-order chi connectivity index (χ1) is 10.2. The Balaban J connectivity index is 1.88. The van der Waals surface area contributed by atoms with Crippen molar-refractivity contribution in [2.24, 2.45) is 5.73 Å². The van der Waals surface area contributed by atoms with Gasteiger partial charge in [-0.05, 0) is 23.8 Å². The highest BCUT2D eigenvalue weighted by atomic mass is 16.5. The van der Waals surface area contributed by atoms with Gasteiger partial charge in [0.2, 0.25) is 5.91 Å². The minimum atomic E-state index is -0.246. The molecule has 1 amide bonds. The number of aromatic nitrogens is 2. The minimum Gasteiger partial charge on any atom is -0.380 e. The highest BCUT2D eigenvalue weighted by molar-refractivity contribution is 5.91. The molecule has 2 aromatic rings. The van der Waals surface area contributed by atoms with Gasteiger partial charge in [-0.3, -0.25) is 9.48 Å². The predicted octanol–water partition coefficient (Wildman–Crippen LogP) is 1.23. The van der Waals surface area contributed by atoms with Crippen LogP contribution in [0.2, 0.25) is 0 Å². The summed E-state index contributed by atoms with van der Waals surface area (Å²) >= 11 is 0. The van der Waals surface area contributed by atoms with Crippen molar-refractivity contribution >= 4 is 11.6 Å². The number of hydrogen-bond donors (Lipinski definition) is 2. The van der Waals surface area contributed by atoms with Gasteiger partial charge in [-0.25, -0.2) is 0 Å². The summed E-state index contributed by atoms with van der Waals surface area (Å²) in [7, 11) is 1.55. The standard InChI is InChI=1S/C15H20N4O2/c1-21-14(10-16)9-15(20)18-13-5-3-12(4-6-13)11-19-8-2-7-17-19/h2-8,14H,9-11,16H2,1H3,(H,18,20). The number of benzene rings is 1. The number of nitrogens with zero attached hydrogens (tertiary/aromatic N) is 2. The van der Waals surface area contributed by atoms with Crippen LogP contribution in [0.25, 0.3) is 0 Å². The van der Waals surface area contributed by atoms with Crippen molar-refractivity contribution in [1.82, 2.24) is 9.78 Å². The third-order valence-electron chi connectivity index (χ3n) is 3.15. The van der Waals surface area contributed by atoms with E-state index in [0.717, 1.165) is 11.3 Å². The molecular formula is C15H20N4O2. The van der Waals surface area contributed by atoms with Crippen LogP contribution in [0.15, 0.2) is 42.7 Å². The third kappa shape index (κ3) is 4.70. The lowest BCUT2D eigenvalue weighted by atomic mass is 10.2. The fraction of sp³-hybridized carbons (Fsp3) is 0.333. The van der Waals surface area contributed by atoms with Gasteiger partial charge in [0.05, 0.1) is 19.1 Å². The van der Waals surface area contributed by atoms with Crippen molar-refractivity contribution in [1.29, 1.82) is 0 Å². The maximum atomic E-state index is 11.8. The summed E-state index contributed by atoms with van der Waals surface area (Å²) in [4.78, 5) is 11.8. The van der Waals surface area contributed by atoms with Crippen LogP contribution in [-0.4, -0.2) is 35.4 Å². The van der Waals surface area contributed by atoms with Crippen molar-refractivity contribution in [3.63, 3.8) is 0 Å². The van der Waals surface area contributed by atoms with E-state index in [1.807, 2.05) is 41.2 Å². The number of rotatable bonds is 7. The van der Waals surface area contributed by atoms with E-state index in [4.69, 9.17) is 10.5 Å². The van der Waals surface area contributed by atoms with Gasteiger partial charge in [0.15, 0.2) is 0 Å². The first-order valence-electron chi connectivity index (χ1n) is 6.80. The maximum Gasteiger partial charge on any atom is 0.227 e. The Kier molecular flexibility index (Phi) is 5.48. The number of amides is 1. The summed E-state index contributed by atoms with van der Waals surface area (Å²) < 4.78 is 6.94. The molecule has 0 saturated carbocycles. The quantitative estimate of drug-likeness (QED) is 0.803. The van der Waals surface area contributed by atoms with Crippen LogP contribution in [0.5, 0.6) is 0 Å². The number of carbonyl (C=O) groups is 1. The Morgan fingerprint density at radius 1 is 1.43 bits per heavy atom. The van der Waals surface area contributed by atoms with Gasteiger partial charge < -0.3 is 15.8 Å². The van der Waals surface area contributed by atoms with Gasteiger partial charge in [0, 0.05) is 31.7 Å². The molecule has 3 N–H and O–H groups in total. The van der Waals surface area contributed by atoms with Crippen LogP contribution in [0, 0.1) is 0 Å². The molecule has 1 heterocycles. The highest BCUT2D eigenvalue weighted by Gasteiger charge is 2.11. The fourth-order valence-electron chi connectivity index (χ4n) is 1.96. The first kappa shape index (κ1) is 15.2. The fourth-order valence-corrected chi connectivity index (χ4v) is 1.96. The van der Waals surface area contributed by atoms with Gasteiger partial charge in [0.1, 0.15) is 0 Å². The third-order valence-corrected chi connectivity index (χ3v) is 3.15. The Bertz CT molecular complexity index is 548. The molecule has 0 saturated heterocycles. The smallest absolute Gasteiger partial charge is 0.227 e. The molecular weight excluding hydrogens is 268 g/mol. The van der Waals surface area contributed by atoms with Crippen LogP contribution in [0.4, 0.5) is 5.69 Å². The molecule has 2 rings (SSSR count). The molecule has 0 aliphatic carbocycles. The molecule has 0 bridgehead atoms. The number of hydrogen-bond acceptors (Lipinski definition) is 4. The molecule has 21 heavy (non-hydrogen) atoms. The highest BCUT2D eigenvalue weighted by Crippen LogP contribution is 2.11. The van der Waals surface area contributed by atoms with E-state index >= 15 is 0 Å². The van der Waals surface area contributed by atoms with E-state index in [2.05, 4.69) is 10.4 Å². The van der Waals surface area contributed by atoms with Gasteiger partial charge >= 0.3 is 0 Å². The van der Waals surface area contributed by atoms with Crippen molar-refractivity contribution in [3.8, 4) is 0 Å². The summed E-state index contributed by atoms with van der Waals surface area (Å²) in [6.07, 6.45) is 3.66. The predicted molar refractivity (Wildman–Crippen MR) is 80.9 cm³/mol. The Morgan fingerprint density at radius 2 is 2.19 bits per heavy atom. The normalized spacial score (nSPS) is 12.1. The number of anilines is 1. The monoisotopic (exact) mass is 288 g/mol. The van der Waals surface area contributed by atoms with Gasteiger partial charge in [-0.2, -0.15) is 5.10 Å². The van der Waals surface area contributed by atoms with E-state index in [9.17, 15) is 4.79 Å². The Hall–Kier alpha value is -2.18. The lowest BCUT2D eigenvalue weighted by Crippen LogP contribution is -2.28. The summed E-state index contributed by atoms with van der Waals surface area (Å²) in [6, 6.07) is 9.57. The lowest BCUT2D eigenvalue weighted by Gasteiger charge is -2.12. The molecule has 0 aliphatic rings. The average Bonchev–Trinajstić information content (AvgIpc) is 3.00. The van der Waals surface area contributed by atoms with Crippen LogP contribution in [0.3, 0.4) is 0 Å². The van der Waals surface area contributed by atoms with E-state index in [0.29, 0.717) is 13.1 Å². The van der Waals surface area contributed by atoms with E-state index in [1.165, 1.54) is 0 Å². The van der Waals surface area contributed by atoms with E-state index in [1.54, 1.807) is 13.3 Å². The maximum absolute atomic E-state index is 11.8. The number of nitrogens with two attached hydrogens (primary N) is 1. The molecule has 6 heteroatoms. The zero-order valence-corrected chi connectivity index (χ0v) is 12.0. The second kappa shape index (κ2) is 7.56. The van der Waals surface area contributed by atoms with Crippen molar-refractivity contribution in [2.45, 2.75) is 19.1 Å². The van der Waals surface area contributed by atoms with Gasteiger partial charge in [-0.15, -0.1) is 0 Å². The number of carbonyl (C=O) groups excluding carboxylic acids is 1. The molecule has 0 aliphatic heterocycles. The van der Waals surface area contributed by atoms with Crippen LogP contribution < -0.4 is 11.1 Å². The first-order valence-corrected chi connectivity index (χ1v) is 6.80. The number of nitrogens with one attached hydrogen (secondary N) is 1. The molecule has 1 aromatic carbocycles. The largest absolute Gasteiger partial charge is 0.380 e. The molecule has 112 valence electrons. The minimum absolute atomic E-state index is 0.105. The topological polar surface area (TPSA) is 82.2 Å². The second-order valence-electron chi connectivity index (χ2n) is 4.75.